The molecule has 1 aliphatic rings. The molecule has 0 spiro atoms. The van der Waals surface area contributed by atoms with Gasteiger partial charge < -0.3 is 14.6 Å². The fourth-order valence-electron chi connectivity index (χ4n) is 2.54. The maximum absolute atomic E-state index is 9.46. The molecule has 2 atom stereocenters. The van der Waals surface area contributed by atoms with Gasteiger partial charge in [0.2, 0.25) is 0 Å². The zero-order valence-corrected chi connectivity index (χ0v) is 10.9. The molecule has 0 aliphatic heterocycles. The lowest BCUT2D eigenvalue weighted by Crippen LogP contribution is -2.18. The second kappa shape index (κ2) is 5.91. The Morgan fingerprint density at radius 2 is 2.00 bits per heavy atom. The quantitative estimate of drug-likeness (QED) is 0.833. The van der Waals surface area contributed by atoms with Crippen molar-refractivity contribution < 1.29 is 14.6 Å². The summed E-state index contributed by atoms with van der Waals surface area (Å²) < 4.78 is 10.6. The van der Waals surface area contributed by atoms with Gasteiger partial charge in [0.05, 0.1) is 14.2 Å². The van der Waals surface area contributed by atoms with Gasteiger partial charge in [-0.1, -0.05) is 18.2 Å². The zero-order chi connectivity index (χ0) is 13.0. The number of aliphatic hydroxyl groups excluding tert-OH is 1. The molecule has 1 aliphatic carbocycles. The Labute approximate surface area is 108 Å². The average Bonchev–Trinajstić information content (AvgIpc) is 2.46. The normalized spacial score (nSPS) is 22.8. The Kier molecular flexibility index (Phi) is 4.26. The number of benzene rings is 1. The van der Waals surface area contributed by atoms with Crippen molar-refractivity contribution in [2.45, 2.75) is 18.8 Å². The van der Waals surface area contributed by atoms with Crippen LogP contribution in [0.5, 0.6) is 11.5 Å². The summed E-state index contributed by atoms with van der Waals surface area (Å²) in [6.45, 7) is 0.226. The van der Waals surface area contributed by atoms with Gasteiger partial charge in [-0.25, -0.2) is 0 Å². The van der Waals surface area contributed by atoms with Crippen LogP contribution in [-0.2, 0) is 0 Å². The number of rotatable bonds is 4. The molecule has 1 aromatic rings. The highest BCUT2D eigenvalue weighted by Gasteiger charge is 2.23. The van der Waals surface area contributed by atoms with E-state index in [-0.39, 0.29) is 12.5 Å². The fraction of sp³-hybridized carbons (Fsp3) is 0.467. The Hall–Kier alpha value is -1.48. The van der Waals surface area contributed by atoms with Crippen LogP contribution in [-0.4, -0.2) is 25.9 Å². The molecule has 0 heterocycles. The Balaban J connectivity index is 2.32. The third kappa shape index (κ3) is 2.51. The number of aliphatic hydroxyl groups is 1. The summed E-state index contributed by atoms with van der Waals surface area (Å²) in [5.74, 6) is 2.05. The number of hydrogen-bond acceptors (Lipinski definition) is 3. The summed E-state index contributed by atoms with van der Waals surface area (Å²) in [4.78, 5) is 0. The van der Waals surface area contributed by atoms with Crippen LogP contribution in [0.4, 0.5) is 0 Å². The van der Waals surface area contributed by atoms with Crippen LogP contribution in [0, 0.1) is 5.92 Å². The van der Waals surface area contributed by atoms with Crippen LogP contribution in [0.15, 0.2) is 30.4 Å². The third-order valence-corrected chi connectivity index (χ3v) is 3.58. The predicted molar refractivity (Wildman–Crippen MR) is 71.2 cm³/mol. The van der Waals surface area contributed by atoms with E-state index in [0.29, 0.717) is 5.92 Å². The van der Waals surface area contributed by atoms with Crippen molar-refractivity contribution in [3.05, 3.63) is 35.9 Å². The summed E-state index contributed by atoms with van der Waals surface area (Å²) in [6, 6.07) is 5.97. The van der Waals surface area contributed by atoms with Gasteiger partial charge in [-0.05, 0) is 36.5 Å². The monoisotopic (exact) mass is 248 g/mol. The summed E-state index contributed by atoms with van der Waals surface area (Å²) in [7, 11) is 3.27. The first-order valence-corrected chi connectivity index (χ1v) is 6.29. The number of ether oxygens (including phenoxy) is 2. The molecular weight excluding hydrogens is 228 g/mol. The average molecular weight is 248 g/mol. The lowest BCUT2D eigenvalue weighted by molar-refractivity contribution is 0.204. The van der Waals surface area contributed by atoms with Gasteiger partial charge in [-0.2, -0.15) is 0 Å². The molecular formula is C15H20O3. The predicted octanol–water partition coefficient (Wildman–Crippen LogP) is 2.75. The van der Waals surface area contributed by atoms with Crippen LogP contribution >= 0.6 is 0 Å². The largest absolute Gasteiger partial charge is 0.493 e. The van der Waals surface area contributed by atoms with E-state index in [2.05, 4.69) is 12.2 Å². The lowest BCUT2D eigenvalue weighted by Gasteiger charge is -2.26. The van der Waals surface area contributed by atoms with E-state index in [1.54, 1.807) is 14.2 Å². The smallest absolute Gasteiger partial charge is 0.161 e. The molecule has 3 nitrogen and oxygen atoms in total. The van der Waals surface area contributed by atoms with Gasteiger partial charge in [0, 0.05) is 12.5 Å². The van der Waals surface area contributed by atoms with Crippen molar-refractivity contribution in [2.75, 3.05) is 20.8 Å². The zero-order valence-electron chi connectivity index (χ0n) is 10.9. The molecule has 0 aromatic heterocycles. The number of allylic oxidation sites excluding steroid dienone is 2. The van der Waals surface area contributed by atoms with Gasteiger partial charge in [0.25, 0.3) is 0 Å². The van der Waals surface area contributed by atoms with E-state index < -0.39 is 0 Å². The Morgan fingerprint density at radius 3 is 2.67 bits per heavy atom. The first kappa shape index (κ1) is 13.0. The molecule has 1 aromatic carbocycles. The minimum atomic E-state index is 0.226. The first-order chi connectivity index (χ1) is 8.80. The van der Waals surface area contributed by atoms with E-state index in [0.717, 1.165) is 24.3 Å². The second-order valence-corrected chi connectivity index (χ2v) is 4.59. The van der Waals surface area contributed by atoms with Crippen molar-refractivity contribution in [1.82, 2.24) is 0 Å². The highest BCUT2D eigenvalue weighted by molar-refractivity contribution is 5.45. The lowest BCUT2D eigenvalue weighted by atomic mass is 9.80. The molecule has 1 N–H and O–H groups in total. The van der Waals surface area contributed by atoms with E-state index in [1.165, 1.54) is 5.56 Å². The van der Waals surface area contributed by atoms with Gasteiger partial charge in [0.1, 0.15) is 0 Å². The van der Waals surface area contributed by atoms with E-state index in [4.69, 9.17) is 9.47 Å². The van der Waals surface area contributed by atoms with Crippen LogP contribution < -0.4 is 9.47 Å². The van der Waals surface area contributed by atoms with Crippen molar-refractivity contribution in [1.29, 1.82) is 0 Å². The second-order valence-electron chi connectivity index (χ2n) is 4.59. The Bertz CT molecular complexity index is 426. The SMILES string of the molecule is COc1ccc([C@H]2C=CCC[C@H]2CO)cc1OC. The summed E-state index contributed by atoms with van der Waals surface area (Å²) >= 11 is 0. The van der Waals surface area contributed by atoms with Crippen LogP contribution in [0.25, 0.3) is 0 Å². The minimum absolute atomic E-state index is 0.226. The van der Waals surface area contributed by atoms with Crippen LogP contribution in [0.1, 0.15) is 24.3 Å². The molecule has 0 saturated carbocycles. The van der Waals surface area contributed by atoms with Crippen LogP contribution in [0.2, 0.25) is 0 Å². The number of methoxy groups -OCH3 is 2. The summed E-state index contributed by atoms with van der Waals surface area (Å²) in [5.41, 5.74) is 1.17. The van der Waals surface area contributed by atoms with Gasteiger partial charge >= 0.3 is 0 Å². The van der Waals surface area contributed by atoms with Crippen molar-refractivity contribution in [2.24, 2.45) is 5.92 Å². The maximum Gasteiger partial charge on any atom is 0.161 e. The standard InChI is InChI=1S/C15H20O3/c1-17-14-8-7-11(9-15(14)18-2)13-6-4-3-5-12(13)10-16/h4,6-9,12-13,16H,3,5,10H2,1-2H3/t12-,13+/m0/s1. The molecule has 0 saturated heterocycles. The molecule has 3 heteroatoms. The van der Waals surface area contributed by atoms with E-state index in [9.17, 15) is 5.11 Å². The molecule has 0 unspecified atom stereocenters. The summed E-state index contributed by atoms with van der Waals surface area (Å²) in [5, 5.41) is 9.46. The highest BCUT2D eigenvalue weighted by atomic mass is 16.5. The van der Waals surface area contributed by atoms with Gasteiger partial charge in [0.15, 0.2) is 11.5 Å². The van der Waals surface area contributed by atoms with E-state index in [1.807, 2.05) is 18.2 Å². The molecule has 0 fully saturated rings. The molecule has 0 radical (unpaired) electrons. The van der Waals surface area contributed by atoms with Crippen LogP contribution in [0.3, 0.4) is 0 Å². The third-order valence-electron chi connectivity index (χ3n) is 3.58. The number of hydrogen-bond donors (Lipinski definition) is 1. The molecule has 2 rings (SSSR count). The van der Waals surface area contributed by atoms with E-state index >= 15 is 0 Å². The Morgan fingerprint density at radius 1 is 1.22 bits per heavy atom. The van der Waals surface area contributed by atoms with Crippen molar-refractivity contribution in [3.8, 4) is 11.5 Å². The first-order valence-electron chi connectivity index (χ1n) is 6.29. The topological polar surface area (TPSA) is 38.7 Å². The molecule has 0 amide bonds. The maximum atomic E-state index is 9.46. The fourth-order valence-corrected chi connectivity index (χ4v) is 2.54. The van der Waals surface area contributed by atoms with Gasteiger partial charge in [-0.3, -0.25) is 0 Å². The molecule has 98 valence electrons. The van der Waals surface area contributed by atoms with Gasteiger partial charge in [-0.15, -0.1) is 0 Å². The summed E-state index contributed by atoms with van der Waals surface area (Å²) in [6.07, 6.45) is 6.46. The molecule has 18 heavy (non-hydrogen) atoms. The minimum Gasteiger partial charge on any atom is -0.493 e. The molecule has 0 bridgehead atoms. The van der Waals surface area contributed by atoms with Crippen molar-refractivity contribution in [3.63, 3.8) is 0 Å². The van der Waals surface area contributed by atoms with Crippen molar-refractivity contribution >= 4 is 0 Å². The highest BCUT2D eigenvalue weighted by Crippen LogP contribution is 2.37.